The van der Waals surface area contributed by atoms with Gasteiger partial charge < -0.3 is 15.1 Å². The number of hydrogen-bond donors (Lipinski definition) is 1. The quantitative estimate of drug-likeness (QED) is 0.263. The molecule has 2 aromatic rings. The second kappa shape index (κ2) is 16.2. The third-order valence-electron chi connectivity index (χ3n) is 8.43. The molecule has 2 aliphatic rings. The lowest BCUT2D eigenvalue weighted by Gasteiger charge is -2.36. The Bertz CT molecular complexity index is 1160. The minimum absolute atomic E-state index is 0.0697. The number of piperidine rings is 1. The van der Waals surface area contributed by atoms with Crippen molar-refractivity contribution in [2.24, 2.45) is 5.92 Å². The van der Waals surface area contributed by atoms with Crippen molar-refractivity contribution in [3.8, 4) is 0 Å². The van der Waals surface area contributed by atoms with Crippen LogP contribution in [0.5, 0.6) is 0 Å². The Morgan fingerprint density at radius 3 is 2.39 bits per heavy atom. The molecule has 4 rings (SSSR count). The number of benzene rings is 2. The molecule has 41 heavy (non-hydrogen) atoms. The Labute approximate surface area is 256 Å². The summed E-state index contributed by atoms with van der Waals surface area (Å²) in [5.41, 5.74) is 2.87. The van der Waals surface area contributed by atoms with Crippen molar-refractivity contribution < 1.29 is 9.59 Å². The van der Waals surface area contributed by atoms with Crippen LogP contribution >= 0.6 is 23.2 Å². The first-order chi connectivity index (χ1) is 19.9. The number of rotatable bonds is 11. The fourth-order valence-corrected chi connectivity index (χ4v) is 6.51. The zero-order valence-corrected chi connectivity index (χ0v) is 25.9. The third-order valence-corrected chi connectivity index (χ3v) is 8.98. The van der Waals surface area contributed by atoms with Crippen LogP contribution in [0.15, 0.2) is 54.1 Å². The highest BCUT2D eigenvalue weighted by Crippen LogP contribution is 2.27. The summed E-state index contributed by atoms with van der Waals surface area (Å²) in [6.07, 6.45) is 14.2. The Kier molecular flexibility index (Phi) is 12.4. The summed E-state index contributed by atoms with van der Waals surface area (Å²) in [5, 5.41) is 4.15. The average Bonchev–Trinajstić information content (AvgIpc) is 2.98. The molecule has 2 fully saturated rings. The van der Waals surface area contributed by atoms with Gasteiger partial charge in [-0.2, -0.15) is 0 Å². The van der Waals surface area contributed by atoms with Crippen LogP contribution in [0.4, 0.5) is 4.79 Å². The van der Waals surface area contributed by atoms with Crippen molar-refractivity contribution in [2.45, 2.75) is 83.6 Å². The molecule has 222 valence electrons. The van der Waals surface area contributed by atoms with Gasteiger partial charge >= 0.3 is 6.03 Å². The maximum atomic E-state index is 14.0. The van der Waals surface area contributed by atoms with Gasteiger partial charge in [-0.1, -0.05) is 104 Å². The van der Waals surface area contributed by atoms with E-state index in [0.29, 0.717) is 40.7 Å². The Hall–Kier alpha value is -2.50. The number of nitrogens with zero attached hydrogens (tertiary/aromatic N) is 2. The molecule has 1 aliphatic heterocycles. The lowest BCUT2D eigenvalue weighted by atomic mass is 9.94. The van der Waals surface area contributed by atoms with E-state index in [1.54, 1.807) is 18.2 Å². The van der Waals surface area contributed by atoms with E-state index in [-0.39, 0.29) is 11.9 Å². The number of amides is 3. The van der Waals surface area contributed by atoms with Crippen molar-refractivity contribution in [2.75, 3.05) is 26.2 Å². The average molecular weight is 599 g/mol. The molecule has 0 radical (unpaired) electrons. The molecule has 1 saturated carbocycles. The van der Waals surface area contributed by atoms with Crippen LogP contribution in [-0.4, -0.2) is 54.0 Å². The van der Waals surface area contributed by atoms with Gasteiger partial charge in [0.1, 0.15) is 0 Å². The largest absolute Gasteiger partial charge is 0.335 e. The monoisotopic (exact) mass is 597 g/mol. The molecule has 0 unspecified atom stereocenters. The minimum Gasteiger partial charge on any atom is -0.335 e. The van der Waals surface area contributed by atoms with Gasteiger partial charge in [-0.05, 0) is 68.2 Å². The summed E-state index contributed by atoms with van der Waals surface area (Å²) in [4.78, 5) is 30.8. The van der Waals surface area contributed by atoms with E-state index in [4.69, 9.17) is 23.2 Å². The highest BCUT2D eigenvalue weighted by molar-refractivity contribution is 6.36. The van der Waals surface area contributed by atoms with Crippen molar-refractivity contribution in [3.63, 3.8) is 0 Å². The standard InChI is InChI=1S/C34H45Cl2N3O2/c1-2-3-6-13-28(22-26-11-7-4-8-12-26)25-39(33(40)31-17-16-29(35)23-32(31)36)24-27-18-20-38(21-19-27)34(41)37-30-14-9-5-10-15-30/h4,7-8,11-12,16-17,22-23,27,30H,2-3,5-6,9-10,13-15,18-21,24-25H2,1H3,(H,37,41)/b28-22+. The lowest BCUT2D eigenvalue weighted by Crippen LogP contribution is -2.49. The summed E-state index contributed by atoms with van der Waals surface area (Å²) in [6, 6.07) is 15.8. The van der Waals surface area contributed by atoms with E-state index in [1.165, 1.54) is 24.8 Å². The van der Waals surface area contributed by atoms with Gasteiger partial charge in [0, 0.05) is 37.2 Å². The molecule has 1 N–H and O–H groups in total. The van der Waals surface area contributed by atoms with E-state index in [2.05, 4.69) is 30.4 Å². The fraction of sp³-hybridized carbons (Fsp3) is 0.529. The number of carbonyl (C=O) groups excluding carboxylic acids is 2. The SMILES string of the molecule is CCCCC/C(=C\c1ccccc1)CN(CC1CCN(C(=O)NC2CCCCC2)CC1)C(=O)c1ccc(Cl)cc1Cl. The van der Waals surface area contributed by atoms with Gasteiger partial charge in [-0.15, -0.1) is 0 Å². The number of urea groups is 1. The van der Waals surface area contributed by atoms with E-state index >= 15 is 0 Å². The number of likely N-dealkylation sites (tertiary alicyclic amines) is 1. The molecule has 0 spiro atoms. The molecule has 0 aromatic heterocycles. The predicted molar refractivity (Wildman–Crippen MR) is 171 cm³/mol. The molecule has 3 amide bonds. The molecular weight excluding hydrogens is 553 g/mol. The summed E-state index contributed by atoms with van der Waals surface area (Å²) in [6.45, 7) is 4.83. The molecule has 1 aliphatic carbocycles. The summed E-state index contributed by atoms with van der Waals surface area (Å²) < 4.78 is 0. The first-order valence-corrected chi connectivity index (χ1v) is 16.2. The van der Waals surface area contributed by atoms with Crippen molar-refractivity contribution in [1.29, 1.82) is 0 Å². The number of halogens is 2. The number of nitrogens with one attached hydrogen (secondary N) is 1. The van der Waals surface area contributed by atoms with Gasteiger partial charge in [0.05, 0.1) is 10.6 Å². The number of hydrogen-bond acceptors (Lipinski definition) is 2. The zero-order valence-electron chi connectivity index (χ0n) is 24.4. The maximum Gasteiger partial charge on any atom is 0.317 e. The van der Waals surface area contributed by atoms with E-state index < -0.39 is 0 Å². The van der Waals surface area contributed by atoms with Crippen LogP contribution < -0.4 is 5.32 Å². The molecule has 0 atom stereocenters. The number of carbonyl (C=O) groups is 2. The van der Waals surface area contributed by atoms with E-state index in [0.717, 1.165) is 70.0 Å². The highest BCUT2D eigenvalue weighted by atomic mass is 35.5. The molecule has 1 heterocycles. The Balaban J connectivity index is 1.47. The third kappa shape index (κ3) is 9.78. The van der Waals surface area contributed by atoms with Crippen LogP contribution in [0.3, 0.4) is 0 Å². The van der Waals surface area contributed by atoms with Gasteiger partial charge in [-0.3, -0.25) is 4.79 Å². The summed E-state index contributed by atoms with van der Waals surface area (Å²) >= 11 is 12.7. The zero-order chi connectivity index (χ0) is 29.0. The van der Waals surface area contributed by atoms with Crippen LogP contribution in [0.25, 0.3) is 6.08 Å². The Morgan fingerprint density at radius 2 is 1.71 bits per heavy atom. The fourth-order valence-electron chi connectivity index (χ4n) is 6.02. The van der Waals surface area contributed by atoms with Gasteiger partial charge in [0.15, 0.2) is 0 Å². The Morgan fingerprint density at radius 1 is 0.976 bits per heavy atom. The predicted octanol–water partition coefficient (Wildman–Crippen LogP) is 8.85. The van der Waals surface area contributed by atoms with Crippen LogP contribution in [0, 0.1) is 5.92 Å². The van der Waals surface area contributed by atoms with Crippen LogP contribution in [-0.2, 0) is 0 Å². The highest BCUT2D eigenvalue weighted by Gasteiger charge is 2.28. The van der Waals surface area contributed by atoms with Crippen LogP contribution in [0.2, 0.25) is 10.0 Å². The molecule has 2 aromatic carbocycles. The maximum absolute atomic E-state index is 14.0. The van der Waals surface area contributed by atoms with Crippen molar-refractivity contribution in [3.05, 3.63) is 75.3 Å². The van der Waals surface area contributed by atoms with Gasteiger partial charge in [0.2, 0.25) is 0 Å². The second-order valence-electron chi connectivity index (χ2n) is 11.7. The van der Waals surface area contributed by atoms with Gasteiger partial charge in [-0.25, -0.2) is 4.79 Å². The summed E-state index contributed by atoms with van der Waals surface area (Å²) in [5.74, 6) is 0.246. The first-order valence-electron chi connectivity index (χ1n) is 15.5. The minimum atomic E-state index is -0.0707. The molecule has 1 saturated heterocycles. The molecule has 7 heteroatoms. The smallest absolute Gasteiger partial charge is 0.317 e. The second-order valence-corrected chi connectivity index (χ2v) is 12.5. The van der Waals surface area contributed by atoms with Crippen LogP contribution in [0.1, 0.15) is 93.5 Å². The molecule has 0 bridgehead atoms. The topological polar surface area (TPSA) is 52.6 Å². The van der Waals surface area contributed by atoms with Crippen molar-refractivity contribution >= 4 is 41.2 Å². The van der Waals surface area contributed by atoms with E-state index in [9.17, 15) is 9.59 Å². The summed E-state index contributed by atoms with van der Waals surface area (Å²) in [7, 11) is 0. The molecular formula is C34H45Cl2N3O2. The van der Waals surface area contributed by atoms with Gasteiger partial charge in [0.25, 0.3) is 5.91 Å². The first kappa shape index (κ1) is 31.4. The normalized spacial score (nSPS) is 17.0. The number of unbranched alkanes of at least 4 members (excludes halogenated alkanes) is 2. The lowest BCUT2D eigenvalue weighted by molar-refractivity contribution is 0.0713. The molecule has 5 nitrogen and oxygen atoms in total. The van der Waals surface area contributed by atoms with Crippen molar-refractivity contribution in [1.82, 2.24) is 15.1 Å². The van der Waals surface area contributed by atoms with E-state index in [1.807, 2.05) is 28.0 Å².